The number of ether oxygens (including phenoxy) is 1. The monoisotopic (exact) mass is 378 g/mol. The van der Waals surface area contributed by atoms with Gasteiger partial charge in [0.05, 0.1) is 23.3 Å². The van der Waals surface area contributed by atoms with Crippen molar-refractivity contribution in [3.8, 4) is 5.75 Å². The van der Waals surface area contributed by atoms with Gasteiger partial charge in [0.1, 0.15) is 5.75 Å². The summed E-state index contributed by atoms with van der Waals surface area (Å²) in [6.07, 6.45) is 0.1000. The predicted molar refractivity (Wildman–Crippen MR) is 108 cm³/mol. The maximum atomic E-state index is 13.0. The van der Waals surface area contributed by atoms with Crippen LogP contribution in [0.3, 0.4) is 0 Å². The number of hydrogen-bond acceptors (Lipinski definition) is 4. The normalized spacial score (nSPS) is 15.8. The van der Waals surface area contributed by atoms with Crippen LogP contribution in [0.1, 0.15) is 20.3 Å². The number of fused-ring (bicyclic) bond motifs is 2. The number of nitrogens with zero attached hydrogens (tertiary/aromatic N) is 3. The molecule has 0 saturated heterocycles. The lowest BCUT2D eigenvalue weighted by atomic mass is 10.1. The largest absolute Gasteiger partial charge is 0.476 e. The van der Waals surface area contributed by atoms with Crippen molar-refractivity contribution in [3.63, 3.8) is 0 Å². The molecule has 0 radical (unpaired) electrons. The Balaban J connectivity index is 1.62. The lowest BCUT2D eigenvalue weighted by Gasteiger charge is -2.33. The van der Waals surface area contributed by atoms with E-state index in [1.54, 1.807) is 11.0 Å². The fourth-order valence-corrected chi connectivity index (χ4v) is 3.48. The number of rotatable bonds is 4. The van der Waals surface area contributed by atoms with Crippen molar-refractivity contribution in [2.45, 2.75) is 32.9 Å². The van der Waals surface area contributed by atoms with Crippen molar-refractivity contribution in [3.05, 3.63) is 48.5 Å². The number of carbonyl (C=O) groups excluding carboxylic acids is 2. The molecule has 2 amide bonds. The van der Waals surface area contributed by atoms with Crippen LogP contribution >= 0.6 is 0 Å². The lowest BCUT2D eigenvalue weighted by molar-refractivity contribution is -0.123. The lowest BCUT2D eigenvalue weighted by Crippen LogP contribution is -2.48. The van der Waals surface area contributed by atoms with Gasteiger partial charge in [0.25, 0.3) is 5.91 Å². The second-order valence-corrected chi connectivity index (χ2v) is 6.77. The number of amides is 2. The number of aromatic nitrogens is 2. The number of carbonyl (C=O) groups is 2. The van der Waals surface area contributed by atoms with Gasteiger partial charge >= 0.3 is 0 Å². The summed E-state index contributed by atoms with van der Waals surface area (Å²) in [5.41, 5.74) is 2.48. The van der Waals surface area contributed by atoms with Crippen molar-refractivity contribution < 1.29 is 14.3 Å². The third-order valence-electron chi connectivity index (χ3n) is 4.78. The van der Waals surface area contributed by atoms with Gasteiger partial charge in [-0.25, -0.2) is 4.98 Å². The first-order chi connectivity index (χ1) is 13.6. The molecular formula is C21H22N4O3. The zero-order valence-electron chi connectivity index (χ0n) is 15.9. The SMILES string of the molecule is CCCn1c(NC(=O)C2CN(C(C)=O)c3ccccc3O2)nc2ccccc21. The first-order valence-corrected chi connectivity index (χ1v) is 9.38. The molecule has 2 heterocycles. The van der Waals surface area contributed by atoms with Crippen molar-refractivity contribution in [1.29, 1.82) is 0 Å². The third-order valence-corrected chi connectivity index (χ3v) is 4.78. The zero-order valence-corrected chi connectivity index (χ0v) is 15.9. The minimum absolute atomic E-state index is 0.133. The van der Waals surface area contributed by atoms with E-state index in [2.05, 4.69) is 17.2 Å². The number of benzene rings is 2. The Labute approximate surface area is 162 Å². The van der Waals surface area contributed by atoms with Gasteiger partial charge in [-0.1, -0.05) is 31.2 Å². The van der Waals surface area contributed by atoms with Gasteiger partial charge in [-0.15, -0.1) is 0 Å². The average molecular weight is 378 g/mol. The Bertz CT molecular complexity index is 1040. The summed E-state index contributed by atoms with van der Waals surface area (Å²) in [5, 5.41) is 2.89. The molecular weight excluding hydrogens is 356 g/mol. The molecule has 0 aliphatic carbocycles. The van der Waals surface area contributed by atoms with Gasteiger partial charge in [0.2, 0.25) is 11.9 Å². The molecule has 7 heteroatoms. The van der Waals surface area contributed by atoms with Crippen molar-refractivity contribution in [2.24, 2.45) is 0 Å². The standard InChI is InChI=1S/C21H22N4O3/c1-3-12-24-16-9-5-4-8-15(16)22-21(24)23-20(27)19-13-25(14(2)26)17-10-6-7-11-18(17)28-19/h4-11,19H,3,12-13H2,1-2H3,(H,22,23,27). The Morgan fingerprint density at radius 1 is 1.18 bits per heavy atom. The van der Waals surface area contributed by atoms with Gasteiger partial charge in [0, 0.05) is 13.5 Å². The van der Waals surface area contributed by atoms with Crippen LogP contribution < -0.4 is 15.0 Å². The smallest absolute Gasteiger partial charge is 0.269 e. The summed E-state index contributed by atoms with van der Waals surface area (Å²) in [5.74, 6) is 0.552. The summed E-state index contributed by atoms with van der Waals surface area (Å²) < 4.78 is 7.87. The van der Waals surface area contributed by atoms with E-state index in [0.717, 1.165) is 24.0 Å². The summed E-state index contributed by atoms with van der Waals surface area (Å²) >= 11 is 0. The molecule has 4 rings (SSSR count). The second-order valence-electron chi connectivity index (χ2n) is 6.77. The molecule has 0 fully saturated rings. The molecule has 1 aliphatic rings. The van der Waals surface area contributed by atoms with Crippen LogP contribution in [0.4, 0.5) is 11.6 Å². The molecule has 1 aromatic heterocycles. The Morgan fingerprint density at radius 3 is 2.71 bits per heavy atom. The predicted octanol–water partition coefficient (Wildman–Crippen LogP) is 3.20. The minimum Gasteiger partial charge on any atom is -0.476 e. The average Bonchev–Trinajstić information content (AvgIpc) is 3.04. The molecule has 1 unspecified atom stereocenters. The first kappa shape index (κ1) is 18.0. The fourth-order valence-electron chi connectivity index (χ4n) is 3.48. The van der Waals surface area contributed by atoms with Crippen LogP contribution in [0, 0.1) is 0 Å². The second kappa shape index (κ2) is 7.34. The number of anilines is 2. The van der Waals surface area contributed by atoms with E-state index < -0.39 is 6.10 Å². The van der Waals surface area contributed by atoms with Crippen LogP contribution in [0.2, 0.25) is 0 Å². The Morgan fingerprint density at radius 2 is 1.93 bits per heavy atom. The molecule has 144 valence electrons. The molecule has 1 N–H and O–H groups in total. The number of aryl methyl sites for hydroxylation is 1. The van der Waals surface area contributed by atoms with Crippen LogP contribution in [-0.2, 0) is 16.1 Å². The molecule has 1 aliphatic heterocycles. The first-order valence-electron chi connectivity index (χ1n) is 9.38. The van der Waals surface area contributed by atoms with Crippen LogP contribution in [0.25, 0.3) is 11.0 Å². The Kier molecular flexibility index (Phi) is 4.73. The fraction of sp³-hybridized carbons (Fsp3) is 0.286. The maximum Gasteiger partial charge on any atom is 0.269 e. The van der Waals surface area contributed by atoms with Gasteiger partial charge in [-0.05, 0) is 30.7 Å². The number of imidazole rings is 1. The topological polar surface area (TPSA) is 76.5 Å². The van der Waals surface area contributed by atoms with Gasteiger partial charge < -0.3 is 14.2 Å². The summed E-state index contributed by atoms with van der Waals surface area (Å²) in [7, 11) is 0. The summed E-state index contributed by atoms with van der Waals surface area (Å²) in [6.45, 7) is 4.46. The highest BCUT2D eigenvalue weighted by atomic mass is 16.5. The third kappa shape index (κ3) is 3.19. The number of hydrogen-bond donors (Lipinski definition) is 1. The highest BCUT2D eigenvalue weighted by Crippen LogP contribution is 2.33. The molecule has 2 aromatic carbocycles. The van der Waals surface area contributed by atoms with Crippen molar-refractivity contribution in [1.82, 2.24) is 9.55 Å². The van der Waals surface area contributed by atoms with Gasteiger partial charge in [0.15, 0.2) is 6.10 Å². The molecule has 3 aromatic rings. The maximum absolute atomic E-state index is 13.0. The van der Waals surface area contributed by atoms with E-state index in [1.165, 1.54) is 6.92 Å². The van der Waals surface area contributed by atoms with E-state index in [1.807, 2.05) is 47.0 Å². The van der Waals surface area contributed by atoms with Gasteiger partial charge in [-0.3, -0.25) is 14.9 Å². The van der Waals surface area contributed by atoms with Crippen LogP contribution in [-0.4, -0.2) is 34.0 Å². The Hall–Kier alpha value is -3.35. The number of nitrogens with one attached hydrogen (secondary N) is 1. The summed E-state index contributed by atoms with van der Waals surface area (Å²) in [6, 6.07) is 15.0. The molecule has 28 heavy (non-hydrogen) atoms. The molecule has 0 saturated carbocycles. The minimum atomic E-state index is -0.811. The quantitative estimate of drug-likeness (QED) is 0.756. The van der Waals surface area contributed by atoms with E-state index >= 15 is 0 Å². The molecule has 0 bridgehead atoms. The van der Waals surface area contributed by atoms with E-state index in [-0.39, 0.29) is 18.4 Å². The number of para-hydroxylation sites is 4. The molecule has 7 nitrogen and oxygen atoms in total. The van der Waals surface area contributed by atoms with E-state index in [9.17, 15) is 9.59 Å². The highest BCUT2D eigenvalue weighted by Gasteiger charge is 2.33. The van der Waals surface area contributed by atoms with Crippen molar-refractivity contribution in [2.75, 3.05) is 16.8 Å². The molecule has 1 atom stereocenters. The zero-order chi connectivity index (χ0) is 19.7. The molecule has 0 spiro atoms. The van der Waals surface area contributed by atoms with E-state index in [4.69, 9.17) is 4.74 Å². The van der Waals surface area contributed by atoms with E-state index in [0.29, 0.717) is 17.4 Å². The summed E-state index contributed by atoms with van der Waals surface area (Å²) in [4.78, 5) is 31.1. The highest BCUT2D eigenvalue weighted by molar-refractivity contribution is 5.99. The van der Waals surface area contributed by atoms with Crippen LogP contribution in [0.5, 0.6) is 5.75 Å². The van der Waals surface area contributed by atoms with Crippen molar-refractivity contribution >= 4 is 34.5 Å². The van der Waals surface area contributed by atoms with Gasteiger partial charge in [-0.2, -0.15) is 0 Å². The van der Waals surface area contributed by atoms with Crippen LogP contribution in [0.15, 0.2) is 48.5 Å².